The van der Waals surface area contributed by atoms with Gasteiger partial charge in [0.1, 0.15) is 11.5 Å². The monoisotopic (exact) mass is 578 g/mol. The van der Waals surface area contributed by atoms with Gasteiger partial charge >= 0.3 is 0 Å². The summed E-state index contributed by atoms with van der Waals surface area (Å²) >= 11 is 3.73. The molecule has 0 spiro atoms. The molecule has 2 rings (SSSR count). The van der Waals surface area contributed by atoms with E-state index < -0.39 is 9.84 Å². The third-order valence-corrected chi connectivity index (χ3v) is 5.73. The fourth-order valence-corrected chi connectivity index (χ4v) is 4.27. The summed E-state index contributed by atoms with van der Waals surface area (Å²) in [5.41, 5.74) is 0.746. The Morgan fingerprint density at radius 1 is 0.800 bits per heavy atom. The molecule has 0 aromatic heterocycles. The summed E-state index contributed by atoms with van der Waals surface area (Å²) in [7, 11) is -0.785. The number of ether oxygens (including phenoxy) is 2. The van der Waals surface area contributed by atoms with Crippen molar-refractivity contribution in [1.82, 2.24) is 0 Å². The van der Waals surface area contributed by atoms with E-state index >= 15 is 0 Å². The molecule has 0 radical (unpaired) electrons. The minimum absolute atomic E-state index is 0.110. The Hall–Kier alpha value is -1.43. The van der Waals surface area contributed by atoms with Crippen LogP contribution in [0.1, 0.15) is 11.1 Å². The summed E-state index contributed by atoms with van der Waals surface area (Å²) in [6, 6.07) is 9.39. The molecule has 0 bridgehead atoms. The van der Waals surface area contributed by atoms with E-state index in [1.54, 1.807) is 24.3 Å². The van der Waals surface area contributed by atoms with Crippen LogP contribution in [0.15, 0.2) is 46.2 Å². The number of hydrogen-bond donors (Lipinski definition) is 0. The van der Waals surface area contributed by atoms with Gasteiger partial charge in [-0.05, 0) is 44.3 Å². The highest BCUT2D eigenvalue weighted by atomic mass is 127. The van der Waals surface area contributed by atoms with E-state index in [0.29, 0.717) is 22.6 Å². The van der Waals surface area contributed by atoms with Gasteiger partial charge in [-0.2, -0.15) is 0 Å². The first-order valence-electron chi connectivity index (χ1n) is 6.82. The highest BCUT2D eigenvalue weighted by Gasteiger charge is 2.24. The van der Waals surface area contributed by atoms with Crippen LogP contribution in [0.2, 0.25) is 0 Å². The molecule has 0 fully saturated rings. The zero-order valence-corrected chi connectivity index (χ0v) is 18.4. The number of benzene rings is 2. The highest BCUT2D eigenvalue weighted by Crippen LogP contribution is 2.30. The van der Waals surface area contributed by atoms with Crippen molar-refractivity contribution < 1.29 is 17.9 Å². The van der Waals surface area contributed by atoms with Crippen LogP contribution >= 0.6 is 45.2 Å². The van der Waals surface area contributed by atoms with Crippen molar-refractivity contribution >= 4 is 55.0 Å². The first-order chi connectivity index (χ1) is 12.0. The summed E-state index contributed by atoms with van der Waals surface area (Å²) in [4.78, 5) is 0.221. The van der Waals surface area contributed by atoms with Crippen molar-refractivity contribution in [3.63, 3.8) is 0 Å². The SMILES string of the molecule is COc1ccc(S(=O)(=O)c2ccc(OC)cc2C#CI)c(C#CI)c1. The van der Waals surface area contributed by atoms with E-state index in [-0.39, 0.29) is 9.79 Å². The second kappa shape index (κ2) is 8.79. The minimum Gasteiger partial charge on any atom is -0.497 e. The molecule has 0 unspecified atom stereocenters. The van der Waals surface area contributed by atoms with Crippen LogP contribution in [-0.2, 0) is 9.84 Å². The minimum atomic E-state index is -3.82. The van der Waals surface area contributed by atoms with Gasteiger partial charge in [-0.15, -0.1) is 0 Å². The van der Waals surface area contributed by atoms with E-state index in [2.05, 4.69) is 19.7 Å². The summed E-state index contributed by atoms with van der Waals surface area (Å²) in [6.45, 7) is 0. The van der Waals surface area contributed by atoms with E-state index in [4.69, 9.17) is 9.47 Å². The predicted molar refractivity (Wildman–Crippen MR) is 113 cm³/mol. The normalized spacial score (nSPS) is 10.1. The molecule has 0 saturated carbocycles. The topological polar surface area (TPSA) is 52.6 Å². The maximum Gasteiger partial charge on any atom is 0.209 e. The van der Waals surface area contributed by atoms with E-state index in [1.165, 1.54) is 26.4 Å². The molecule has 0 saturated heterocycles. The molecule has 0 atom stereocenters. The van der Waals surface area contributed by atoms with Gasteiger partial charge in [0, 0.05) is 56.3 Å². The molecule has 0 amide bonds. The number of halogens is 2. The first kappa shape index (κ1) is 19.9. The summed E-state index contributed by atoms with van der Waals surface area (Å²) < 4.78 is 42.1. The number of methoxy groups -OCH3 is 2. The van der Waals surface area contributed by atoms with Crippen LogP contribution in [0.4, 0.5) is 0 Å². The molecule has 0 aliphatic rings. The third-order valence-electron chi connectivity index (χ3n) is 3.32. The number of sulfone groups is 1. The fourth-order valence-electron chi connectivity index (χ4n) is 2.16. The summed E-state index contributed by atoms with van der Waals surface area (Å²) in [6.07, 6.45) is 0. The molecular formula is C18H12I2O4S. The van der Waals surface area contributed by atoms with Gasteiger partial charge in [0.2, 0.25) is 9.84 Å². The third kappa shape index (κ3) is 4.40. The molecular weight excluding hydrogens is 566 g/mol. The first-order valence-corrected chi connectivity index (χ1v) is 10.5. The maximum absolute atomic E-state index is 13.2. The van der Waals surface area contributed by atoms with Crippen molar-refractivity contribution in [2.45, 2.75) is 9.79 Å². The zero-order valence-electron chi connectivity index (χ0n) is 13.3. The van der Waals surface area contributed by atoms with Crippen LogP contribution in [-0.4, -0.2) is 22.6 Å². The van der Waals surface area contributed by atoms with Crippen LogP contribution in [0.5, 0.6) is 11.5 Å². The Morgan fingerprint density at radius 2 is 1.20 bits per heavy atom. The Morgan fingerprint density at radius 3 is 1.52 bits per heavy atom. The quantitative estimate of drug-likeness (QED) is 0.407. The largest absolute Gasteiger partial charge is 0.497 e. The maximum atomic E-state index is 13.2. The van der Waals surface area contributed by atoms with Crippen LogP contribution in [0.25, 0.3) is 0 Å². The predicted octanol–water partition coefficient (Wildman–Crippen LogP) is 4.02. The van der Waals surface area contributed by atoms with Crippen molar-refractivity contribution in [1.29, 1.82) is 0 Å². The van der Waals surface area contributed by atoms with Crippen molar-refractivity contribution in [2.24, 2.45) is 0 Å². The molecule has 0 heterocycles. The Bertz CT molecular complexity index is 945. The Balaban J connectivity index is 2.74. The van der Waals surface area contributed by atoms with Crippen LogP contribution < -0.4 is 9.47 Å². The van der Waals surface area contributed by atoms with Crippen molar-refractivity contribution in [2.75, 3.05) is 14.2 Å². The van der Waals surface area contributed by atoms with E-state index in [0.717, 1.165) is 0 Å². The Labute approximate surface area is 174 Å². The number of rotatable bonds is 4. The highest BCUT2D eigenvalue weighted by molar-refractivity contribution is 14.1. The van der Waals surface area contributed by atoms with Gasteiger partial charge in [-0.1, -0.05) is 11.8 Å². The molecule has 25 heavy (non-hydrogen) atoms. The van der Waals surface area contributed by atoms with E-state index in [1.807, 2.05) is 45.2 Å². The lowest BCUT2D eigenvalue weighted by atomic mass is 10.2. The van der Waals surface area contributed by atoms with Gasteiger partial charge < -0.3 is 9.47 Å². The smallest absolute Gasteiger partial charge is 0.209 e. The molecule has 2 aromatic carbocycles. The molecule has 4 nitrogen and oxygen atoms in total. The Kier molecular flexibility index (Phi) is 6.99. The van der Waals surface area contributed by atoms with Gasteiger partial charge in [0.15, 0.2) is 0 Å². The van der Waals surface area contributed by atoms with Gasteiger partial charge in [-0.25, -0.2) is 8.42 Å². The second-order valence-corrected chi connectivity index (χ2v) is 7.63. The molecule has 7 heteroatoms. The lowest BCUT2D eigenvalue weighted by Crippen LogP contribution is -2.07. The van der Waals surface area contributed by atoms with Crippen LogP contribution in [0.3, 0.4) is 0 Å². The molecule has 0 aliphatic heterocycles. The summed E-state index contributed by atoms with van der Waals surface area (Å²) in [5.74, 6) is 6.71. The van der Waals surface area contributed by atoms with Crippen molar-refractivity contribution in [3.05, 3.63) is 47.5 Å². The molecule has 128 valence electrons. The fraction of sp³-hybridized carbons (Fsp3) is 0.111. The molecule has 2 aromatic rings. The average Bonchev–Trinajstić information content (AvgIpc) is 2.61. The summed E-state index contributed by atoms with van der Waals surface area (Å²) in [5, 5.41) is 0. The number of hydrogen-bond acceptors (Lipinski definition) is 4. The molecule has 0 N–H and O–H groups in total. The van der Waals surface area contributed by atoms with Gasteiger partial charge in [0.25, 0.3) is 0 Å². The average molecular weight is 578 g/mol. The van der Waals surface area contributed by atoms with Crippen molar-refractivity contribution in [3.8, 4) is 31.2 Å². The molecule has 0 aliphatic carbocycles. The standard InChI is InChI=1S/C18H12I2O4S/c1-23-15-3-5-17(13(11-15)7-9-19)25(21,22)18-6-4-16(24-2)12-14(18)8-10-20/h3-6,11-12H,1-2H3. The van der Waals surface area contributed by atoms with Gasteiger partial charge in [0.05, 0.1) is 24.0 Å². The zero-order chi connectivity index (χ0) is 18.4. The van der Waals surface area contributed by atoms with E-state index in [9.17, 15) is 8.42 Å². The second-order valence-electron chi connectivity index (χ2n) is 4.67. The lowest BCUT2D eigenvalue weighted by Gasteiger charge is -2.11. The van der Waals surface area contributed by atoms with Crippen LogP contribution in [0, 0.1) is 19.7 Å². The van der Waals surface area contributed by atoms with Gasteiger partial charge in [-0.3, -0.25) is 0 Å². The lowest BCUT2D eigenvalue weighted by molar-refractivity contribution is 0.414.